The number of hydrogen-bond acceptors (Lipinski definition) is 4. The van der Waals surface area contributed by atoms with Crippen LogP contribution in [0.25, 0.3) is 0 Å². The fraction of sp³-hybridized carbons (Fsp3) is 0.667. The molecule has 0 amide bonds. The Morgan fingerprint density at radius 1 is 1.25 bits per heavy atom. The van der Waals surface area contributed by atoms with Crippen LogP contribution in [0.5, 0.6) is 0 Å². The van der Waals surface area contributed by atoms with Crippen LogP contribution in [-0.2, 0) is 6.54 Å². The van der Waals surface area contributed by atoms with E-state index >= 15 is 0 Å². The molecule has 0 aliphatic carbocycles. The van der Waals surface area contributed by atoms with Crippen molar-refractivity contribution >= 4 is 5.82 Å². The summed E-state index contributed by atoms with van der Waals surface area (Å²) in [6.07, 6.45) is 2.88. The minimum Gasteiger partial charge on any atom is -0.352 e. The highest BCUT2D eigenvalue weighted by molar-refractivity contribution is 5.43. The number of nitrogens with zero attached hydrogens (tertiary/aromatic N) is 3. The predicted molar refractivity (Wildman–Crippen MR) is 80.5 cm³/mol. The Bertz CT molecular complexity index is 416. The van der Waals surface area contributed by atoms with Gasteiger partial charge in [-0.3, -0.25) is 4.90 Å². The summed E-state index contributed by atoms with van der Waals surface area (Å²) in [5.74, 6) is 0.342. The number of rotatable bonds is 6. The van der Waals surface area contributed by atoms with Gasteiger partial charge >= 0.3 is 0 Å². The molecule has 0 atom stereocenters. The molecule has 2 heterocycles. The highest BCUT2D eigenvalue weighted by Gasteiger charge is 2.21. The van der Waals surface area contributed by atoms with Crippen LogP contribution in [0.4, 0.5) is 10.2 Å². The smallest absolute Gasteiger partial charge is 0.170 e. The van der Waals surface area contributed by atoms with Gasteiger partial charge in [0.2, 0.25) is 0 Å². The van der Waals surface area contributed by atoms with Gasteiger partial charge in [-0.25, -0.2) is 9.37 Å². The molecule has 0 bridgehead atoms. The lowest BCUT2D eigenvalue weighted by molar-refractivity contribution is 0.257. The summed E-state index contributed by atoms with van der Waals surface area (Å²) in [4.78, 5) is 8.74. The summed E-state index contributed by atoms with van der Waals surface area (Å²) in [5.41, 5.74) is 0.702. The maximum absolute atomic E-state index is 14.5. The fourth-order valence-electron chi connectivity index (χ4n) is 2.59. The van der Waals surface area contributed by atoms with E-state index in [1.165, 1.54) is 6.42 Å². The zero-order chi connectivity index (χ0) is 14.4. The van der Waals surface area contributed by atoms with E-state index in [1.807, 2.05) is 6.92 Å². The van der Waals surface area contributed by atoms with Crippen molar-refractivity contribution in [1.82, 2.24) is 15.2 Å². The Balaban J connectivity index is 2.02. The number of anilines is 1. The number of nitrogens with one attached hydrogen (secondary N) is 1. The van der Waals surface area contributed by atoms with Gasteiger partial charge in [-0.05, 0) is 25.6 Å². The molecule has 1 aromatic rings. The van der Waals surface area contributed by atoms with E-state index in [1.54, 1.807) is 12.3 Å². The van der Waals surface area contributed by atoms with Crippen LogP contribution >= 0.6 is 0 Å². The quantitative estimate of drug-likeness (QED) is 0.862. The van der Waals surface area contributed by atoms with Crippen LogP contribution in [0.1, 0.15) is 25.8 Å². The van der Waals surface area contributed by atoms with Crippen molar-refractivity contribution in [3.63, 3.8) is 0 Å². The minimum absolute atomic E-state index is 0.169. The Labute approximate surface area is 121 Å². The van der Waals surface area contributed by atoms with Gasteiger partial charge < -0.3 is 10.2 Å². The molecule has 112 valence electrons. The van der Waals surface area contributed by atoms with Crippen molar-refractivity contribution < 1.29 is 4.39 Å². The molecule has 4 nitrogen and oxygen atoms in total. The number of aromatic nitrogens is 1. The number of pyridine rings is 1. The van der Waals surface area contributed by atoms with Crippen LogP contribution in [0.15, 0.2) is 12.3 Å². The molecule has 1 N–H and O–H groups in total. The number of piperazine rings is 1. The van der Waals surface area contributed by atoms with E-state index in [0.717, 1.165) is 39.3 Å². The second kappa shape index (κ2) is 7.55. The van der Waals surface area contributed by atoms with E-state index in [-0.39, 0.29) is 5.82 Å². The number of hydrogen-bond donors (Lipinski definition) is 1. The van der Waals surface area contributed by atoms with Crippen molar-refractivity contribution in [3.05, 3.63) is 23.6 Å². The third-order valence-electron chi connectivity index (χ3n) is 3.73. The van der Waals surface area contributed by atoms with Crippen LogP contribution in [0.2, 0.25) is 0 Å². The highest BCUT2D eigenvalue weighted by Crippen LogP contribution is 2.20. The predicted octanol–water partition coefficient (Wildman–Crippen LogP) is 1.86. The molecule has 0 saturated carbocycles. The summed E-state index contributed by atoms with van der Waals surface area (Å²) in [6.45, 7) is 10.4. The molecular weight excluding hydrogens is 255 g/mol. The average Bonchev–Trinajstić information content (AvgIpc) is 2.48. The van der Waals surface area contributed by atoms with Crippen molar-refractivity contribution in [3.8, 4) is 0 Å². The Morgan fingerprint density at radius 3 is 2.65 bits per heavy atom. The lowest BCUT2D eigenvalue weighted by Crippen LogP contribution is -2.47. The van der Waals surface area contributed by atoms with Crippen molar-refractivity contribution in [2.45, 2.75) is 26.8 Å². The first-order chi connectivity index (χ1) is 9.76. The van der Waals surface area contributed by atoms with E-state index in [9.17, 15) is 4.39 Å². The SMILES string of the molecule is CCCN1CCN(c2nccc(CNCC)c2F)CC1. The van der Waals surface area contributed by atoms with E-state index < -0.39 is 0 Å². The lowest BCUT2D eigenvalue weighted by atomic mass is 10.2. The lowest BCUT2D eigenvalue weighted by Gasteiger charge is -2.35. The minimum atomic E-state index is -0.169. The highest BCUT2D eigenvalue weighted by atomic mass is 19.1. The van der Waals surface area contributed by atoms with Crippen molar-refractivity contribution in [2.75, 3.05) is 44.2 Å². The van der Waals surface area contributed by atoms with Crippen molar-refractivity contribution in [2.24, 2.45) is 0 Å². The molecule has 1 saturated heterocycles. The zero-order valence-electron chi connectivity index (χ0n) is 12.5. The number of halogens is 1. The average molecular weight is 280 g/mol. The molecule has 1 aromatic heterocycles. The summed E-state index contributed by atoms with van der Waals surface area (Å²) >= 11 is 0. The summed E-state index contributed by atoms with van der Waals surface area (Å²) in [5, 5.41) is 3.16. The van der Waals surface area contributed by atoms with E-state index in [2.05, 4.69) is 27.0 Å². The van der Waals surface area contributed by atoms with Gasteiger partial charge in [0, 0.05) is 44.5 Å². The zero-order valence-corrected chi connectivity index (χ0v) is 12.5. The molecule has 0 spiro atoms. The molecule has 0 unspecified atom stereocenters. The molecule has 2 rings (SSSR count). The summed E-state index contributed by atoms with van der Waals surface area (Å²) < 4.78 is 14.5. The van der Waals surface area contributed by atoms with Gasteiger partial charge in [-0.1, -0.05) is 13.8 Å². The third kappa shape index (κ3) is 3.67. The Morgan fingerprint density at radius 2 is 2.00 bits per heavy atom. The fourth-order valence-corrected chi connectivity index (χ4v) is 2.59. The van der Waals surface area contributed by atoms with E-state index in [0.29, 0.717) is 17.9 Å². The van der Waals surface area contributed by atoms with Crippen LogP contribution in [0, 0.1) is 5.82 Å². The van der Waals surface area contributed by atoms with Gasteiger partial charge in [0.1, 0.15) is 0 Å². The first kappa shape index (κ1) is 15.2. The molecule has 1 fully saturated rings. The molecule has 20 heavy (non-hydrogen) atoms. The molecule has 5 heteroatoms. The summed E-state index contributed by atoms with van der Waals surface area (Å²) in [6, 6.07) is 1.76. The van der Waals surface area contributed by atoms with Gasteiger partial charge in [-0.15, -0.1) is 0 Å². The van der Waals surface area contributed by atoms with Crippen LogP contribution < -0.4 is 10.2 Å². The molecular formula is C15H25FN4. The standard InChI is InChI=1S/C15H25FN4/c1-3-7-19-8-10-20(11-9-19)15-14(16)13(5-6-18-15)12-17-4-2/h5-6,17H,3-4,7-12H2,1-2H3. The van der Waals surface area contributed by atoms with Gasteiger partial charge in [0.15, 0.2) is 11.6 Å². The monoisotopic (exact) mass is 280 g/mol. The summed E-state index contributed by atoms with van der Waals surface area (Å²) in [7, 11) is 0. The normalized spacial score (nSPS) is 16.6. The molecule has 1 aliphatic rings. The second-order valence-electron chi connectivity index (χ2n) is 5.22. The third-order valence-corrected chi connectivity index (χ3v) is 3.73. The molecule has 0 radical (unpaired) electrons. The molecule has 1 aliphatic heterocycles. The largest absolute Gasteiger partial charge is 0.352 e. The van der Waals surface area contributed by atoms with Gasteiger partial charge in [0.25, 0.3) is 0 Å². The van der Waals surface area contributed by atoms with Gasteiger partial charge in [0.05, 0.1) is 0 Å². The van der Waals surface area contributed by atoms with Crippen LogP contribution in [0.3, 0.4) is 0 Å². The first-order valence-electron chi connectivity index (χ1n) is 7.57. The Hall–Kier alpha value is -1.20. The maximum atomic E-state index is 14.5. The first-order valence-corrected chi connectivity index (χ1v) is 7.57. The maximum Gasteiger partial charge on any atom is 0.170 e. The second-order valence-corrected chi connectivity index (χ2v) is 5.22. The van der Waals surface area contributed by atoms with Gasteiger partial charge in [-0.2, -0.15) is 0 Å². The molecule has 0 aromatic carbocycles. The van der Waals surface area contributed by atoms with E-state index in [4.69, 9.17) is 0 Å². The van der Waals surface area contributed by atoms with Crippen molar-refractivity contribution in [1.29, 1.82) is 0 Å². The van der Waals surface area contributed by atoms with Crippen LogP contribution in [-0.4, -0.2) is 49.2 Å². The topological polar surface area (TPSA) is 31.4 Å². The Kier molecular flexibility index (Phi) is 5.73.